The summed E-state index contributed by atoms with van der Waals surface area (Å²) in [6.07, 6.45) is 0.815. The highest BCUT2D eigenvalue weighted by Gasteiger charge is 2.44. The van der Waals surface area contributed by atoms with Crippen molar-refractivity contribution in [3.05, 3.63) is 99.2 Å². The molecular weight excluding hydrogens is 431 g/mol. The SMILES string of the molecule is Cc1ccc(C2=C(N3CCc4ccccc43)C(=O)N(c3ccc(Cl)c(Cl)c3)C2=O)cc1. The van der Waals surface area contributed by atoms with Gasteiger partial charge < -0.3 is 4.90 Å². The van der Waals surface area contributed by atoms with E-state index >= 15 is 0 Å². The molecule has 0 spiro atoms. The van der Waals surface area contributed by atoms with Crippen molar-refractivity contribution in [1.82, 2.24) is 0 Å². The molecule has 0 bridgehead atoms. The Morgan fingerprint density at radius 2 is 1.58 bits per heavy atom. The van der Waals surface area contributed by atoms with Gasteiger partial charge >= 0.3 is 0 Å². The standard InChI is InChI=1S/C25H18Cl2N2O2/c1-15-6-8-17(9-7-15)22-23(28-13-12-16-4-2-3-5-21(16)28)25(31)29(24(22)30)18-10-11-19(26)20(27)14-18/h2-11,14H,12-13H2,1H3. The summed E-state index contributed by atoms with van der Waals surface area (Å²) in [5.74, 6) is -0.734. The number of benzene rings is 3. The quantitative estimate of drug-likeness (QED) is 0.486. The molecule has 3 aromatic carbocycles. The number of halogens is 2. The van der Waals surface area contributed by atoms with Gasteiger partial charge in [0.05, 0.1) is 21.3 Å². The van der Waals surface area contributed by atoms with E-state index in [1.807, 2.05) is 54.3 Å². The minimum Gasteiger partial charge on any atom is -0.336 e. The summed E-state index contributed by atoms with van der Waals surface area (Å²) >= 11 is 12.2. The van der Waals surface area contributed by atoms with Gasteiger partial charge in [-0.2, -0.15) is 0 Å². The van der Waals surface area contributed by atoms with Crippen LogP contribution in [0.5, 0.6) is 0 Å². The number of hydrogen-bond acceptors (Lipinski definition) is 3. The fourth-order valence-corrected chi connectivity index (χ4v) is 4.47. The molecule has 4 nitrogen and oxygen atoms in total. The minimum absolute atomic E-state index is 0.289. The lowest BCUT2D eigenvalue weighted by Gasteiger charge is -2.22. The first-order valence-corrected chi connectivity index (χ1v) is 10.7. The van der Waals surface area contributed by atoms with Crippen LogP contribution in [-0.4, -0.2) is 18.4 Å². The van der Waals surface area contributed by atoms with Gasteiger partial charge in [-0.1, -0.05) is 71.2 Å². The summed E-state index contributed by atoms with van der Waals surface area (Å²) in [6, 6.07) is 20.4. The molecule has 0 atom stereocenters. The Balaban J connectivity index is 1.68. The molecule has 3 aromatic rings. The fraction of sp³-hybridized carbons (Fsp3) is 0.120. The van der Waals surface area contributed by atoms with E-state index in [9.17, 15) is 9.59 Å². The summed E-state index contributed by atoms with van der Waals surface area (Å²) in [5.41, 5.74) is 5.10. The molecule has 154 valence electrons. The minimum atomic E-state index is -0.369. The molecule has 0 unspecified atom stereocenters. The molecule has 0 N–H and O–H groups in total. The largest absolute Gasteiger partial charge is 0.336 e. The molecule has 2 heterocycles. The zero-order valence-electron chi connectivity index (χ0n) is 16.7. The van der Waals surface area contributed by atoms with E-state index in [1.165, 1.54) is 4.90 Å². The summed E-state index contributed by atoms with van der Waals surface area (Å²) in [5, 5.41) is 0.654. The topological polar surface area (TPSA) is 40.6 Å². The number of fused-ring (bicyclic) bond motifs is 1. The van der Waals surface area contributed by atoms with Crippen LogP contribution < -0.4 is 9.80 Å². The number of aryl methyl sites for hydroxylation is 1. The number of rotatable bonds is 3. The molecule has 5 rings (SSSR count). The summed E-state index contributed by atoms with van der Waals surface area (Å²) in [6.45, 7) is 2.62. The van der Waals surface area contributed by atoms with E-state index in [0.717, 1.165) is 23.2 Å². The second kappa shape index (κ2) is 7.56. The van der Waals surface area contributed by atoms with Crippen LogP contribution >= 0.6 is 23.2 Å². The summed E-state index contributed by atoms with van der Waals surface area (Å²) in [4.78, 5) is 30.5. The number of carbonyl (C=O) groups excluding carboxylic acids is 2. The molecule has 0 saturated heterocycles. The van der Waals surface area contributed by atoms with Crippen LogP contribution in [0.25, 0.3) is 5.57 Å². The highest BCUT2D eigenvalue weighted by Crippen LogP contribution is 2.40. The smallest absolute Gasteiger partial charge is 0.282 e. The maximum absolute atomic E-state index is 13.7. The van der Waals surface area contributed by atoms with E-state index in [0.29, 0.717) is 34.1 Å². The Morgan fingerprint density at radius 1 is 0.839 bits per heavy atom. The predicted molar refractivity (Wildman–Crippen MR) is 125 cm³/mol. The number of nitrogens with zero attached hydrogens (tertiary/aromatic N) is 2. The molecular formula is C25H18Cl2N2O2. The van der Waals surface area contributed by atoms with Crippen LogP contribution in [0.2, 0.25) is 10.0 Å². The molecule has 6 heteroatoms. The number of carbonyl (C=O) groups is 2. The lowest BCUT2D eigenvalue weighted by molar-refractivity contribution is -0.120. The van der Waals surface area contributed by atoms with E-state index in [1.54, 1.807) is 18.2 Å². The predicted octanol–water partition coefficient (Wildman–Crippen LogP) is 5.65. The normalized spacial score (nSPS) is 15.8. The van der Waals surface area contributed by atoms with E-state index < -0.39 is 0 Å². The van der Waals surface area contributed by atoms with Gasteiger partial charge in [-0.15, -0.1) is 0 Å². The molecule has 0 aliphatic carbocycles. The Hall–Kier alpha value is -3.08. The van der Waals surface area contributed by atoms with Crippen LogP contribution in [0.1, 0.15) is 16.7 Å². The van der Waals surface area contributed by atoms with Gasteiger partial charge in [0.25, 0.3) is 11.8 Å². The third kappa shape index (κ3) is 3.23. The number of amides is 2. The maximum Gasteiger partial charge on any atom is 0.282 e. The third-order valence-electron chi connectivity index (χ3n) is 5.72. The monoisotopic (exact) mass is 448 g/mol. The Morgan fingerprint density at radius 3 is 2.32 bits per heavy atom. The maximum atomic E-state index is 13.7. The molecule has 0 saturated carbocycles. The lowest BCUT2D eigenvalue weighted by atomic mass is 10.0. The highest BCUT2D eigenvalue weighted by atomic mass is 35.5. The third-order valence-corrected chi connectivity index (χ3v) is 6.46. The van der Waals surface area contributed by atoms with Crippen molar-refractivity contribution < 1.29 is 9.59 Å². The second-order valence-corrected chi connectivity index (χ2v) is 8.48. The van der Waals surface area contributed by atoms with Crippen molar-refractivity contribution in [3.63, 3.8) is 0 Å². The van der Waals surface area contributed by atoms with Crippen LogP contribution in [0.4, 0.5) is 11.4 Å². The van der Waals surface area contributed by atoms with Crippen molar-refractivity contribution >= 4 is 52.0 Å². The first-order chi connectivity index (χ1) is 15.0. The van der Waals surface area contributed by atoms with Gasteiger partial charge in [0, 0.05) is 12.2 Å². The van der Waals surface area contributed by atoms with Crippen LogP contribution in [0, 0.1) is 6.92 Å². The van der Waals surface area contributed by atoms with Gasteiger partial charge in [-0.05, 0) is 48.7 Å². The summed E-state index contributed by atoms with van der Waals surface area (Å²) in [7, 11) is 0. The first kappa shape index (κ1) is 19.9. The molecule has 0 radical (unpaired) electrons. The van der Waals surface area contributed by atoms with Gasteiger partial charge in [0.1, 0.15) is 5.70 Å². The average Bonchev–Trinajstić information content (AvgIpc) is 3.29. The van der Waals surface area contributed by atoms with Gasteiger partial charge in [0.2, 0.25) is 0 Å². The zero-order valence-corrected chi connectivity index (χ0v) is 18.2. The molecule has 31 heavy (non-hydrogen) atoms. The lowest BCUT2D eigenvalue weighted by Crippen LogP contribution is -2.34. The number of imide groups is 1. The Labute approximate surface area is 190 Å². The molecule has 0 fully saturated rings. The van der Waals surface area contributed by atoms with Crippen molar-refractivity contribution in [2.24, 2.45) is 0 Å². The van der Waals surface area contributed by atoms with E-state index in [4.69, 9.17) is 23.2 Å². The van der Waals surface area contributed by atoms with Crippen molar-refractivity contribution in [3.8, 4) is 0 Å². The molecule has 2 aliphatic rings. The van der Waals surface area contributed by atoms with Gasteiger partial charge in [-0.3, -0.25) is 9.59 Å². The van der Waals surface area contributed by atoms with Crippen LogP contribution in [-0.2, 0) is 16.0 Å². The Bertz CT molecular complexity index is 1260. The van der Waals surface area contributed by atoms with Crippen molar-refractivity contribution in [2.45, 2.75) is 13.3 Å². The molecule has 2 aliphatic heterocycles. The molecule has 2 amide bonds. The van der Waals surface area contributed by atoms with Gasteiger partial charge in [0.15, 0.2) is 0 Å². The Kier molecular flexibility index (Phi) is 4.84. The average molecular weight is 449 g/mol. The highest BCUT2D eigenvalue weighted by molar-refractivity contribution is 6.47. The van der Waals surface area contributed by atoms with Crippen molar-refractivity contribution in [1.29, 1.82) is 0 Å². The van der Waals surface area contributed by atoms with Gasteiger partial charge in [-0.25, -0.2) is 4.90 Å². The van der Waals surface area contributed by atoms with Crippen molar-refractivity contribution in [2.75, 3.05) is 16.3 Å². The molecule has 0 aromatic heterocycles. The van der Waals surface area contributed by atoms with E-state index in [-0.39, 0.29) is 16.8 Å². The summed E-state index contributed by atoms with van der Waals surface area (Å²) < 4.78 is 0. The number of para-hydroxylation sites is 1. The van der Waals surface area contributed by atoms with Crippen LogP contribution in [0.3, 0.4) is 0 Å². The van der Waals surface area contributed by atoms with E-state index in [2.05, 4.69) is 6.07 Å². The van der Waals surface area contributed by atoms with Crippen LogP contribution in [0.15, 0.2) is 72.4 Å². The zero-order chi connectivity index (χ0) is 21.7. The number of hydrogen-bond donors (Lipinski definition) is 0. The fourth-order valence-electron chi connectivity index (χ4n) is 4.18. The number of anilines is 2. The second-order valence-electron chi connectivity index (χ2n) is 7.66. The first-order valence-electron chi connectivity index (χ1n) is 9.96.